The Balaban J connectivity index is 2.73. The quantitative estimate of drug-likeness (QED) is 0.794. The van der Waals surface area contributed by atoms with Gasteiger partial charge in [-0.15, -0.1) is 0 Å². The molecule has 0 atom stereocenters. The molecule has 0 fully saturated rings. The van der Waals surface area contributed by atoms with E-state index >= 15 is 0 Å². The average Bonchev–Trinajstić information content (AvgIpc) is 2.26. The van der Waals surface area contributed by atoms with Crippen molar-refractivity contribution in [2.24, 2.45) is 0 Å². The molecular formula is C12H16FNO2. The van der Waals surface area contributed by atoms with Crippen molar-refractivity contribution in [1.82, 2.24) is 5.32 Å². The fourth-order valence-electron chi connectivity index (χ4n) is 1.34. The largest absolute Gasteiger partial charge is 0.468 e. The molecule has 0 aliphatic heterocycles. The molecule has 1 aromatic carbocycles. The normalized spacial score (nSPS) is 11.2. The Labute approximate surface area is 94.6 Å². The molecule has 0 amide bonds. The van der Waals surface area contributed by atoms with E-state index in [0.717, 1.165) is 5.56 Å². The second-order valence-corrected chi connectivity index (χ2v) is 4.07. The molecule has 0 unspecified atom stereocenters. The molecule has 1 rings (SSSR count). The summed E-state index contributed by atoms with van der Waals surface area (Å²) in [5.41, 5.74) is 0.312. The predicted octanol–water partition coefficient (Wildman–Crippen LogP) is 1.82. The van der Waals surface area contributed by atoms with Gasteiger partial charge in [0, 0.05) is 5.54 Å². The number of esters is 1. The van der Waals surface area contributed by atoms with E-state index in [1.165, 1.54) is 19.2 Å². The van der Waals surface area contributed by atoms with Crippen molar-refractivity contribution in [2.75, 3.05) is 13.7 Å². The van der Waals surface area contributed by atoms with E-state index in [0.29, 0.717) is 0 Å². The van der Waals surface area contributed by atoms with Gasteiger partial charge in [-0.2, -0.15) is 0 Å². The van der Waals surface area contributed by atoms with Gasteiger partial charge in [0.1, 0.15) is 5.82 Å². The van der Waals surface area contributed by atoms with Crippen molar-refractivity contribution in [3.05, 3.63) is 35.6 Å². The zero-order valence-corrected chi connectivity index (χ0v) is 9.71. The van der Waals surface area contributed by atoms with Gasteiger partial charge in [0.25, 0.3) is 0 Å². The van der Waals surface area contributed by atoms with Gasteiger partial charge in [-0.1, -0.05) is 12.1 Å². The lowest BCUT2D eigenvalue weighted by atomic mass is 9.94. The van der Waals surface area contributed by atoms with Crippen LogP contribution in [0.4, 0.5) is 4.39 Å². The molecule has 1 aromatic rings. The van der Waals surface area contributed by atoms with Gasteiger partial charge < -0.3 is 4.74 Å². The van der Waals surface area contributed by atoms with Crippen LogP contribution in [0.2, 0.25) is 0 Å². The summed E-state index contributed by atoms with van der Waals surface area (Å²) in [4.78, 5) is 11.0. The van der Waals surface area contributed by atoms with E-state index in [4.69, 9.17) is 0 Å². The van der Waals surface area contributed by atoms with Gasteiger partial charge >= 0.3 is 5.97 Å². The maximum atomic E-state index is 13.0. The van der Waals surface area contributed by atoms with E-state index in [-0.39, 0.29) is 18.3 Å². The standard InChI is InChI=1S/C12H16FNO2/c1-12(2,14-8-11(15)16-3)9-5-4-6-10(13)7-9/h4-7,14H,8H2,1-3H3. The van der Waals surface area contributed by atoms with Gasteiger partial charge in [0.15, 0.2) is 0 Å². The van der Waals surface area contributed by atoms with E-state index in [1.807, 2.05) is 19.9 Å². The smallest absolute Gasteiger partial charge is 0.319 e. The van der Waals surface area contributed by atoms with Crippen LogP contribution in [-0.2, 0) is 15.1 Å². The lowest BCUT2D eigenvalue weighted by Crippen LogP contribution is -2.40. The molecule has 0 heterocycles. The van der Waals surface area contributed by atoms with Crippen molar-refractivity contribution in [3.8, 4) is 0 Å². The van der Waals surface area contributed by atoms with Crippen LogP contribution in [0.1, 0.15) is 19.4 Å². The maximum Gasteiger partial charge on any atom is 0.319 e. The minimum atomic E-state index is -0.476. The number of carbonyl (C=O) groups is 1. The molecule has 0 saturated carbocycles. The summed E-state index contributed by atoms with van der Waals surface area (Å²) < 4.78 is 17.6. The molecule has 1 N–H and O–H groups in total. The number of ether oxygens (including phenoxy) is 1. The summed E-state index contributed by atoms with van der Waals surface area (Å²) in [6.45, 7) is 3.86. The molecule has 3 nitrogen and oxygen atoms in total. The van der Waals surface area contributed by atoms with Crippen LogP contribution < -0.4 is 5.32 Å². The zero-order valence-electron chi connectivity index (χ0n) is 9.71. The fourth-order valence-corrected chi connectivity index (χ4v) is 1.34. The van der Waals surface area contributed by atoms with Crippen LogP contribution in [0.5, 0.6) is 0 Å². The third-order valence-corrected chi connectivity index (χ3v) is 2.45. The highest BCUT2D eigenvalue weighted by Crippen LogP contribution is 2.20. The lowest BCUT2D eigenvalue weighted by molar-refractivity contribution is -0.139. The molecule has 0 spiro atoms. The van der Waals surface area contributed by atoms with Crippen molar-refractivity contribution >= 4 is 5.97 Å². The van der Waals surface area contributed by atoms with Gasteiger partial charge in [0.2, 0.25) is 0 Å². The van der Waals surface area contributed by atoms with Crippen molar-refractivity contribution in [2.45, 2.75) is 19.4 Å². The lowest BCUT2D eigenvalue weighted by Gasteiger charge is -2.26. The summed E-state index contributed by atoms with van der Waals surface area (Å²) >= 11 is 0. The minimum absolute atomic E-state index is 0.0972. The van der Waals surface area contributed by atoms with Crippen LogP contribution in [0.15, 0.2) is 24.3 Å². The Hall–Kier alpha value is -1.42. The van der Waals surface area contributed by atoms with Gasteiger partial charge in [-0.3, -0.25) is 10.1 Å². The third kappa shape index (κ3) is 3.31. The number of hydrogen-bond acceptors (Lipinski definition) is 3. The number of benzene rings is 1. The van der Waals surface area contributed by atoms with Crippen LogP contribution >= 0.6 is 0 Å². The molecule has 0 saturated heterocycles. The number of carbonyl (C=O) groups excluding carboxylic acids is 1. The van der Waals surface area contributed by atoms with Gasteiger partial charge in [-0.05, 0) is 31.5 Å². The molecule has 16 heavy (non-hydrogen) atoms. The number of methoxy groups -OCH3 is 1. The predicted molar refractivity (Wildman–Crippen MR) is 59.4 cm³/mol. The highest BCUT2D eigenvalue weighted by molar-refractivity contribution is 5.71. The fraction of sp³-hybridized carbons (Fsp3) is 0.417. The van der Waals surface area contributed by atoms with Crippen LogP contribution in [-0.4, -0.2) is 19.6 Å². The van der Waals surface area contributed by atoms with E-state index in [1.54, 1.807) is 6.07 Å². The highest BCUT2D eigenvalue weighted by atomic mass is 19.1. The molecule has 0 aliphatic rings. The molecule has 4 heteroatoms. The van der Waals surface area contributed by atoms with E-state index < -0.39 is 5.54 Å². The second-order valence-electron chi connectivity index (χ2n) is 4.07. The van der Waals surface area contributed by atoms with E-state index in [9.17, 15) is 9.18 Å². The van der Waals surface area contributed by atoms with Crippen LogP contribution in [0.3, 0.4) is 0 Å². The summed E-state index contributed by atoms with van der Waals surface area (Å²) in [5.74, 6) is -0.630. The first kappa shape index (κ1) is 12.6. The third-order valence-electron chi connectivity index (χ3n) is 2.45. The summed E-state index contributed by atoms with van der Waals surface area (Å²) in [5, 5.41) is 3.01. The maximum absolute atomic E-state index is 13.0. The second kappa shape index (κ2) is 5.07. The Morgan fingerprint density at radius 3 is 2.75 bits per heavy atom. The topological polar surface area (TPSA) is 38.3 Å². The van der Waals surface area contributed by atoms with Gasteiger partial charge in [-0.25, -0.2) is 4.39 Å². The van der Waals surface area contributed by atoms with E-state index in [2.05, 4.69) is 10.1 Å². The van der Waals surface area contributed by atoms with Crippen molar-refractivity contribution in [1.29, 1.82) is 0 Å². The summed E-state index contributed by atoms with van der Waals surface area (Å²) in [6, 6.07) is 6.30. The summed E-state index contributed by atoms with van der Waals surface area (Å²) in [6.07, 6.45) is 0. The first-order valence-corrected chi connectivity index (χ1v) is 5.03. The highest BCUT2D eigenvalue weighted by Gasteiger charge is 2.21. The van der Waals surface area contributed by atoms with Crippen LogP contribution in [0, 0.1) is 5.82 Å². The molecule has 0 bridgehead atoms. The molecule has 0 aromatic heterocycles. The SMILES string of the molecule is COC(=O)CNC(C)(C)c1cccc(F)c1. The van der Waals surface area contributed by atoms with Crippen LogP contribution in [0.25, 0.3) is 0 Å². The monoisotopic (exact) mass is 225 g/mol. The molecule has 88 valence electrons. The summed E-state index contributed by atoms with van der Waals surface area (Å²) in [7, 11) is 1.33. The number of halogens is 1. The molecular weight excluding hydrogens is 209 g/mol. The average molecular weight is 225 g/mol. The Morgan fingerprint density at radius 1 is 1.50 bits per heavy atom. The Bertz CT molecular complexity index is 377. The minimum Gasteiger partial charge on any atom is -0.468 e. The number of nitrogens with one attached hydrogen (secondary N) is 1. The van der Waals surface area contributed by atoms with Gasteiger partial charge in [0.05, 0.1) is 13.7 Å². The number of hydrogen-bond donors (Lipinski definition) is 1. The molecule has 0 aliphatic carbocycles. The Morgan fingerprint density at radius 2 is 2.19 bits per heavy atom. The zero-order chi connectivity index (χ0) is 12.2. The first-order valence-electron chi connectivity index (χ1n) is 5.03. The van der Waals surface area contributed by atoms with Crippen molar-refractivity contribution in [3.63, 3.8) is 0 Å². The number of rotatable bonds is 4. The Kier molecular flexibility index (Phi) is 4.01. The first-order chi connectivity index (χ1) is 7.45. The molecule has 0 radical (unpaired) electrons. The van der Waals surface area contributed by atoms with Crippen molar-refractivity contribution < 1.29 is 13.9 Å².